The van der Waals surface area contributed by atoms with Crippen LogP contribution in [0.3, 0.4) is 0 Å². The Morgan fingerprint density at radius 3 is 2.76 bits per heavy atom. The van der Waals surface area contributed by atoms with Gasteiger partial charge in [-0.2, -0.15) is 0 Å². The number of amides is 1. The highest BCUT2D eigenvalue weighted by molar-refractivity contribution is 6.05. The predicted octanol–water partition coefficient (Wildman–Crippen LogP) is 1.16. The number of para-hydroxylation sites is 1. The third kappa shape index (κ3) is 2.56. The molecule has 1 atom stereocenters. The Kier molecular flexibility index (Phi) is 3.51. The summed E-state index contributed by atoms with van der Waals surface area (Å²) in [6.45, 7) is 0.854. The van der Waals surface area contributed by atoms with Crippen LogP contribution in [-0.4, -0.2) is 36.7 Å². The second-order valence-corrected chi connectivity index (χ2v) is 4.99. The molecule has 0 saturated carbocycles. The number of nitrogens with zero attached hydrogens (tertiary/aromatic N) is 1. The van der Waals surface area contributed by atoms with E-state index in [1.165, 1.54) is 11.2 Å². The summed E-state index contributed by atoms with van der Waals surface area (Å²) in [5.74, 6) is -1.78. The van der Waals surface area contributed by atoms with E-state index in [9.17, 15) is 14.7 Å². The molecule has 110 valence electrons. The minimum absolute atomic E-state index is 0.113. The van der Waals surface area contributed by atoms with E-state index in [-0.39, 0.29) is 18.2 Å². The van der Waals surface area contributed by atoms with Crippen molar-refractivity contribution in [2.45, 2.75) is 6.42 Å². The number of aliphatic carboxylic acids is 1. The molecular formula is C15H15NO5. The first-order valence-corrected chi connectivity index (χ1v) is 6.74. The summed E-state index contributed by atoms with van der Waals surface area (Å²) in [6, 6.07) is 7.32. The van der Waals surface area contributed by atoms with Crippen LogP contribution in [0.4, 0.5) is 5.69 Å². The highest BCUT2D eigenvalue weighted by Crippen LogP contribution is 2.31. The topological polar surface area (TPSA) is 76.1 Å². The van der Waals surface area contributed by atoms with Crippen molar-refractivity contribution < 1.29 is 24.2 Å². The normalized spacial score (nSPS) is 20.7. The number of rotatable bonds is 2. The average Bonchev–Trinajstić information content (AvgIpc) is 2.54. The number of benzene rings is 1. The average molecular weight is 289 g/mol. The SMILES string of the molecule is O=C(O)C1Cc2ccccc2N(C(=O)C2=COCCO2)C1. The molecule has 6 heteroatoms. The highest BCUT2D eigenvalue weighted by Gasteiger charge is 2.34. The van der Waals surface area contributed by atoms with Gasteiger partial charge in [-0.25, -0.2) is 0 Å². The number of carbonyl (C=O) groups is 2. The van der Waals surface area contributed by atoms with Gasteiger partial charge in [0.25, 0.3) is 5.91 Å². The highest BCUT2D eigenvalue weighted by atomic mass is 16.6. The van der Waals surface area contributed by atoms with Gasteiger partial charge in [0.1, 0.15) is 19.5 Å². The zero-order valence-electron chi connectivity index (χ0n) is 11.3. The smallest absolute Gasteiger partial charge is 0.308 e. The summed E-state index contributed by atoms with van der Waals surface area (Å²) in [6.07, 6.45) is 1.71. The van der Waals surface area contributed by atoms with Crippen molar-refractivity contribution in [3.05, 3.63) is 41.9 Å². The maximum Gasteiger partial charge on any atom is 0.308 e. The molecule has 21 heavy (non-hydrogen) atoms. The predicted molar refractivity (Wildman–Crippen MR) is 73.6 cm³/mol. The number of fused-ring (bicyclic) bond motifs is 1. The van der Waals surface area contributed by atoms with Crippen LogP contribution in [0.15, 0.2) is 36.3 Å². The Bertz CT molecular complexity index is 610. The van der Waals surface area contributed by atoms with Gasteiger partial charge in [0.2, 0.25) is 5.76 Å². The number of carbonyl (C=O) groups excluding carboxylic acids is 1. The summed E-state index contributed by atoms with van der Waals surface area (Å²) in [5.41, 5.74) is 1.58. The summed E-state index contributed by atoms with van der Waals surface area (Å²) in [5, 5.41) is 9.27. The molecule has 1 amide bonds. The minimum Gasteiger partial charge on any atom is -0.494 e. The molecule has 3 rings (SSSR count). The minimum atomic E-state index is -0.905. The third-order valence-electron chi connectivity index (χ3n) is 3.61. The number of hydrogen-bond acceptors (Lipinski definition) is 4. The van der Waals surface area contributed by atoms with Crippen LogP contribution in [0.2, 0.25) is 0 Å². The number of ether oxygens (including phenoxy) is 2. The molecule has 1 aromatic rings. The largest absolute Gasteiger partial charge is 0.494 e. The molecule has 1 N–H and O–H groups in total. The zero-order chi connectivity index (χ0) is 14.8. The van der Waals surface area contributed by atoms with E-state index < -0.39 is 11.9 Å². The maximum absolute atomic E-state index is 12.5. The summed E-state index contributed by atoms with van der Waals surface area (Å²) in [4.78, 5) is 25.3. The summed E-state index contributed by atoms with van der Waals surface area (Å²) < 4.78 is 10.4. The van der Waals surface area contributed by atoms with Gasteiger partial charge >= 0.3 is 5.97 Å². The molecule has 6 nitrogen and oxygen atoms in total. The fourth-order valence-electron chi connectivity index (χ4n) is 2.57. The summed E-state index contributed by atoms with van der Waals surface area (Å²) >= 11 is 0. The maximum atomic E-state index is 12.5. The quantitative estimate of drug-likeness (QED) is 0.884. The van der Waals surface area contributed by atoms with E-state index in [4.69, 9.17) is 9.47 Å². The van der Waals surface area contributed by atoms with Gasteiger partial charge in [0.05, 0.1) is 5.92 Å². The van der Waals surface area contributed by atoms with Crippen LogP contribution < -0.4 is 4.90 Å². The lowest BCUT2D eigenvalue weighted by Gasteiger charge is -2.33. The van der Waals surface area contributed by atoms with Crippen molar-refractivity contribution >= 4 is 17.6 Å². The van der Waals surface area contributed by atoms with Gasteiger partial charge in [0.15, 0.2) is 0 Å². The molecule has 0 saturated heterocycles. The van der Waals surface area contributed by atoms with Crippen molar-refractivity contribution in [2.75, 3.05) is 24.7 Å². The van der Waals surface area contributed by atoms with Crippen LogP contribution in [0, 0.1) is 5.92 Å². The van der Waals surface area contributed by atoms with Crippen LogP contribution in [0.5, 0.6) is 0 Å². The first-order chi connectivity index (χ1) is 10.2. The molecular weight excluding hydrogens is 274 g/mol. The monoisotopic (exact) mass is 289 g/mol. The Morgan fingerprint density at radius 2 is 2.05 bits per heavy atom. The van der Waals surface area contributed by atoms with Crippen LogP contribution in [0.25, 0.3) is 0 Å². The molecule has 0 fully saturated rings. The molecule has 1 unspecified atom stereocenters. The standard InChI is InChI=1S/C15H15NO5/c17-14(13-9-20-5-6-21-13)16-8-11(15(18)19)7-10-3-1-2-4-12(10)16/h1-4,9,11H,5-8H2,(H,18,19). The van der Waals surface area contributed by atoms with Gasteiger partial charge in [-0.15, -0.1) is 0 Å². The Morgan fingerprint density at radius 1 is 1.24 bits per heavy atom. The number of carboxylic acid groups (broad SMARTS) is 1. The number of carboxylic acids is 1. The van der Waals surface area contributed by atoms with Gasteiger partial charge in [0, 0.05) is 12.2 Å². The van der Waals surface area contributed by atoms with Crippen LogP contribution in [0.1, 0.15) is 5.56 Å². The first kappa shape index (κ1) is 13.5. The Labute approximate surface area is 121 Å². The van der Waals surface area contributed by atoms with E-state index in [0.717, 1.165) is 11.3 Å². The molecule has 0 aromatic heterocycles. The molecule has 0 radical (unpaired) electrons. The van der Waals surface area contributed by atoms with E-state index >= 15 is 0 Å². The lowest BCUT2D eigenvalue weighted by atomic mass is 9.92. The lowest BCUT2D eigenvalue weighted by molar-refractivity contribution is -0.141. The zero-order valence-corrected chi connectivity index (χ0v) is 11.3. The molecule has 2 heterocycles. The van der Waals surface area contributed by atoms with Gasteiger partial charge in [-0.3, -0.25) is 9.59 Å². The molecule has 2 aliphatic heterocycles. The van der Waals surface area contributed by atoms with E-state index in [0.29, 0.717) is 19.6 Å². The number of hydrogen-bond donors (Lipinski definition) is 1. The van der Waals surface area contributed by atoms with Crippen molar-refractivity contribution in [3.8, 4) is 0 Å². The van der Waals surface area contributed by atoms with E-state index in [1.807, 2.05) is 24.3 Å². The molecule has 0 spiro atoms. The fraction of sp³-hybridized carbons (Fsp3) is 0.333. The van der Waals surface area contributed by atoms with Gasteiger partial charge in [-0.1, -0.05) is 18.2 Å². The second-order valence-electron chi connectivity index (χ2n) is 4.99. The first-order valence-electron chi connectivity index (χ1n) is 6.74. The third-order valence-corrected chi connectivity index (χ3v) is 3.61. The van der Waals surface area contributed by atoms with Gasteiger partial charge < -0.3 is 19.5 Å². The van der Waals surface area contributed by atoms with Crippen molar-refractivity contribution in [1.29, 1.82) is 0 Å². The second kappa shape index (κ2) is 5.47. The Balaban J connectivity index is 1.94. The fourth-order valence-corrected chi connectivity index (χ4v) is 2.57. The van der Waals surface area contributed by atoms with Crippen molar-refractivity contribution in [3.63, 3.8) is 0 Å². The van der Waals surface area contributed by atoms with E-state index in [1.54, 1.807) is 0 Å². The molecule has 1 aromatic carbocycles. The molecule has 2 aliphatic rings. The van der Waals surface area contributed by atoms with Crippen LogP contribution in [-0.2, 0) is 25.5 Å². The molecule has 0 bridgehead atoms. The van der Waals surface area contributed by atoms with Gasteiger partial charge in [-0.05, 0) is 18.1 Å². The Hall–Kier alpha value is -2.50. The van der Waals surface area contributed by atoms with Crippen molar-refractivity contribution in [1.82, 2.24) is 0 Å². The molecule has 0 aliphatic carbocycles. The summed E-state index contributed by atoms with van der Waals surface area (Å²) in [7, 11) is 0. The van der Waals surface area contributed by atoms with Crippen LogP contribution >= 0.6 is 0 Å². The number of anilines is 1. The van der Waals surface area contributed by atoms with Crippen molar-refractivity contribution in [2.24, 2.45) is 5.92 Å². The van der Waals surface area contributed by atoms with E-state index in [2.05, 4.69) is 0 Å². The lowest BCUT2D eigenvalue weighted by Crippen LogP contribution is -2.44.